The quantitative estimate of drug-likeness (QED) is 0.339. The standard InChI is InChI=1S/C4H6FN/c1-3-6-4(2)5/h3H,2H2,1H3/b6-3-. The van der Waals surface area contributed by atoms with E-state index in [-0.39, 0.29) is 0 Å². The van der Waals surface area contributed by atoms with Crippen LogP contribution in [0.15, 0.2) is 17.5 Å². The maximum absolute atomic E-state index is 11.3. The number of hydrogen-bond acceptors (Lipinski definition) is 1. The maximum Gasteiger partial charge on any atom is 0.205 e. The Morgan fingerprint density at radius 1 is 2.00 bits per heavy atom. The third-order valence-electron chi connectivity index (χ3n) is 0.269. The Morgan fingerprint density at radius 3 is 2.50 bits per heavy atom. The fraction of sp³-hybridized carbons (Fsp3) is 0.250. The third kappa shape index (κ3) is 3.34. The van der Waals surface area contributed by atoms with Gasteiger partial charge < -0.3 is 0 Å². The number of hydrogen-bond donors (Lipinski definition) is 0. The van der Waals surface area contributed by atoms with Gasteiger partial charge in [-0.1, -0.05) is 0 Å². The molecule has 2 heteroatoms. The van der Waals surface area contributed by atoms with Gasteiger partial charge in [-0.2, -0.15) is 4.39 Å². The van der Waals surface area contributed by atoms with Gasteiger partial charge in [0, 0.05) is 6.21 Å². The van der Waals surface area contributed by atoms with E-state index in [1.807, 2.05) is 0 Å². The fourth-order valence-electron chi connectivity index (χ4n) is 0.140. The average Bonchev–Trinajstić information content (AvgIpc) is 1.35. The number of aliphatic imine (C=N–C) groups is 1. The molecule has 1 nitrogen and oxygen atoms in total. The van der Waals surface area contributed by atoms with Crippen LogP contribution in [0, 0.1) is 0 Å². The Kier molecular flexibility index (Phi) is 2.29. The van der Waals surface area contributed by atoms with Crippen LogP contribution in [0.1, 0.15) is 6.92 Å². The zero-order chi connectivity index (χ0) is 4.99. The predicted octanol–water partition coefficient (Wildman–Crippen LogP) is 1.52. The molecule has 0 saturated heterocycles. The van der Waals surface area contributed by atoms with Gasteiger partial charge in [-0.25, -0.2) is 4.99 Å². The van der Waals surface area contributed by atoms with Crippen LogP contribution in [0.4, 0.5) is 4.39 Å². The molecule has 0 aromatic carbocycles. The smallest absolute Gasteiger partial charge is 0.205 e. The lowest BCUT2D eigenvalue weighted by atomic mass is 10.8. The van der Waals surface area contributed by atoms with Gasteiger partial charge in [0.1, 0.15) is 0 Å². The van der Waals surface area contributed by atoms with E-state index in [1.165, 1.54) is 6.21 Å². The molecular formula is C4H6FN. The SMILES string of the molecule is C=C(F)/N=C\C. The van der Waals surface area contributed by atoms with Crippen LogP contribution in [0.2, 0.25) is 0 Å². The summed E-state index contributed by atoms with van der Waals surface area (Å²) in [5, 5.41) is 0. The summed E-state index contributed by atoms with van der Waals surface area (Å²) in [6, 6.07) is 0. The maximum atomic E-state index is 11.3. The van der Waals surface area contributed by atoms with Gasteiger partial charge in [-0.05, 0) is 13.5 Å². The van der Waals surface area contributed by atoms with E-state index < -0.39 is 5.95 Å². The zero-order valence-electron chi connectivity index (χ0n) is 3.61. The lowest BCUT2D eigenvalue weighted by Gasteiger charge is -1.71. The normalized spacial score (nSPS) is 9.67. The molecule has 0 unspecified atom stereocenters. The fourth-order valence-corrected chi connectivity index (χ4v) is 0.140. The molecule has 0 aliphatic rings. The summed E-state index contributed by atoms with van der Waals surface area (Å²) < 4.78 is 11.3. The number of nitrogens with zero attached hydrogens (tertiary/aromatic N) is 1. The zero-order valence-corrected chi connectivity index (χ0v) is 3.61. The summed E-state index contributed by atoms with van der Waals surface area (Å²) in [4.78, 5) is 3.14. The van der Waals surface area contributed by atoms with E-state index in [2.05, 4.69) is 11.6 Å². The van der Waals surface area contributed by atoms with Crippen molar-refractivity contribution in [1.29, 1.82) is 0 Å². The van der Waals surface area contributed by atoms with Crippen LogP contribution in [0.5, 0.6) is 0 Å². The largest absolute Gasteiger partial charge is 0.234 e. The van der Waals surface area contributed by atoms with Gasteiger partial charge in [-0.15, -0.1) is 0 Å². The highest BCUT2D eigenvalue weighted by Gasteiger charge is 1.70. The molecule has 0 rings (SSSR count). The first-order chi connectivity index (χ1) is 2.77. The summed E-state index contributed by atoms with van der Waals surface area (Å²) in [5.74, 6) is -0.641. The monoisotopic (exact) mass is 87.0 g/mol. The minimum atomic E-state index is -0.641. The second-order valence-electron chi connectivity index (χ2n) is 0.764. The van der Waals surface area contributed by atoms with E-state index in [9.17, 15) is 4.39 Å². The van der Waals surface area contributed by atoms with Crippen molar-refractivity contribution in [3.05, 3.63) is 12.5 Å². The van der Waals surface area contributed by atoms with Crippen LogP contribution < -0.4 is 0 Å². The highest BCUT2D eigenvalue weighted by atomic mass is 19.1. The third-order valence-corrected chi connectivity index (χ3v) is 0.269. The first-order valence-electron chi connectivity index (χ1n) is 1.60. The number of rotatable bonds is 1. The van der Waals surface area contributed by atoms with E-state index in [4.69, 9.17) is 0 Å². The molecular weight excluding hydrogens is 81.0 g/mol. The molecule has 0 heterocycles. The highest BCUT2D eigenvalue weighted by molar-refractivity contribution is 5.54. The van der Waals surface area contributed by atoms with Gasteiger partial charge in [0.2, 0.25) is 5.95 Å². The molecule has 0 radical (unpaired) electrons. The predicted molar refractivity (Wildman–Crippen MR) is 24.4 cm³/mol. The van der Waals surface area contributed by atoms with Crippen molar-refractivity contribution in [2.45, 2.75) is 6.92 Å². The molecule has 0 aliphatic carbocycles. The molecule has 0 aliphatic heterocycles. The van der Waals surface area contributed by atoms with E-state index in [0.29, 0.717) is 0 Å². The molecule has 0 bridgehead atoms. The van der Waals surface area contributed by atoms with Crippen LogP contribution >= 0.6 is 0 Å². The molecule has 0 aromatic rings. The van der Waals surface area contributed by atoms with E-state index in [1.54, 1.807) is 6.92 Å². The lowest BCUT2D eigenvalue weighted by molar-refractivity contribution is 0.634. The summed E-state index contributed by atoms with van der Waals surface area (Å²) >= 11 is 0. The molecule has 0 aromatic heterocycles. The van der Waals surface area contributed by atoms with Gasteiger partial charge in [0.25, 0.3) is 0 Å². The minimum Gasteiger partial charge on any atom is -0.234 e. The van der Waals surface area contributed by atoms with Crippen LogP contribution in [-0.4, -0.2) is 6.21 Å². The van der Waals surface area contributed by atoms with Crippen molar-refractivity contribution in [2.75, 3.05) is 0 Å². The second kappa shape index (κ2) is 2.57. The van der Waals surface area contributed by atoms with E-state index >= 15 is 0 Å². The van der Waals surface area contributed by atoms with Gasteiger partial charge >= 0.3 is 0 Å². The molecule has 0 N–H and O–H groups in total. The molecule has 6 heavy (non-hydrogen) atoms. The van der Waals surface area contributed by atoms with Gasteiger partial charge in [-0.3, -0.25) is 0 Å². The van der Waals surface area contributed by atoms with E-state index in [0.717, 1.165) is 0 Å². The van der Waals surface area contributed by atoms with Gasteiger partial charge in [0.05, 0.1) is 0 Å². The van der Waals surface area contributed by atoms with Crippen molar-refractivity contribution in [2.24, 2.45) is 4.99 Å². The van der Waals surface area contributed by atoms with Crippen LogP contribution in [-0.2, 0) is 0 Å². The van der Waals surface area contributed by atoms with Crippen molar-refractivity contribution >= 4 is 6.21 Å². The molecule has 0 spiro atoms. The molecule has 0 fully saturated rings. The van der Waals surface area contributed by atoms with Crippen molar-refractivity contribution in [3.8, 4) is 0 Å². The van der Waals surface area contributed by atoms with Crippen LogP contribution in [0.3, 0.4) is 0 Å². The Labute approximate surface area is 36.2 Å². The summed E-state index contributed by atoms with van der Waals surface area (Å²) in [5.41, 5.74) is 0. The topological polar surface area (TPSA) is 12.4 Å². The van der Waals surface area contributed by atoms with Crippen molar-refractivity contribution in [3.63, 3.8) is 0 Å². The van der Waals surface area contributed by atoms with Crippen molar-refractivity contribution in [1.82, 2.24) is 0 Å². The van der Waals surface area contributed by atoms with Crippen molar-refractivity contribution < 1.29 is 4.39 Å². The Balaban J connectivity index is 3.30. The summed E-state index contributed by atoms with van der Waals surface area (Å²) in [7, 11) is 0. The minimum absolute atomic E-state index is 0.641. The van der Waals surface area contributed by atoms with Gasteiger partial charge in [0.15, 0.2) is 0 Å². The summed E-state index contributed by atoms with van der Waals surface area (Å²) in [6.07, 6.45) is 1.35. The lowest BCUT2D eigenvalue weighted by Crippen LogP contribution is -1.58. The number of halogens is 1. The second-order valence-corrected chi connectivity index (χ2v) is 0.764. The highest BCUT2D eigenvalue weighted by Crippen LogP contribution is 1.87. The Hall–Kier alpha value is -0.660. The Morgan fingerprint density at radius 2 is 2.50 bits per heavy atom. The van der Waals surface area contributed by atoms with Crippen LogP contribution in [0.25, 0.3) is 0 Å². The molecule has 0 amide bonds. The first-order valence-corrected chi connectivity index (χ1v) is 1.60. The average molecular weight is 87.1 g/mol. The molecule has 34 valence electrons. The molecule has 0 saturated carbocycles. The first kappa shape index (κ1) is 5.34. The Bertz CT molecular complexity index is 75.6. The molecule has 0 atom stereocenters. The summed E-state index contributed by atoms with van der Waals surface area (Å²) in [6.45, 7) is 4.51.